The quantitative estimate of drug-likeness (QED) is 0.782. The van der Waals surface area contributed by atoms with Crippen molar-refractivity contribution in [2.75, 3.05) is 32.4 Å². The van der Waals surface area contributed by atoms with Crippen LogP contribution in [0.5, 0.6) is 0 Å². The third-order valence-corrected chi connectivity index (χ3v) is 3.56. The minimum atomic E-state index is -0.872. The van der Waals surface area contributed by atoms with E-state index in [1.54, 1.807) is 4.90 Å². The molecule has 0 spiro atoms. The van der Waals surface area contributed by atoms with Crippen molar-refractivity contribution in [1.82, 2.24) is 9.80 Å². The number of benzene rings is 1. The van der Waals surface area contributed by atoms with Crippen molar-refractivity contribution in [3.8, 4) is 0 Å². The van der Waals surface area contributed by atoms with Gasteiger partial charge in [0.1, 0.15) is 11.6 Å². The van der Waals surface area contributed by atoms with Gasteiger partial charge in [0.25, 0.3) is 5.91 Å². The van der Waals surface area contributed by atoms with Crippen LogP contribution in [0.15, 0.2) is 12.1 Å². The first-order valence-corrected chi connectivity index (χ1v) is 6.14. The predicted molar refractivity (Wildman–Crippen MR) is 68.8 cm³/mol. The van der Waals surface area contributed by atoms with E-state index in [0.717, 1.165) is 12.6 Å². The number of carbonyl (C=O) groups excluding carboxylic acids is 1. The normalized spacial score (nSPS) is 20.6. The molecule has 0 bridgehead atoms. The summed E-state index contributed by atoms with van der Waals surface area (Å²) in [5.74, 6) is -2.16. The van der Waals surface area contributed by atoms with Gasteiger partial charge in [0.15, 0.2) is 0 Å². The van der Waals surface area contributed by atoms with Crippen LogP contribution in [-0.2, 0) is 0 Å². The van der Waals surface area contributed by atoms with Crippen LogP contribution in [0.4, 0.5) is 14.5 Å². The van der Waals surface area contributed by atoms with Crippen LogP contribution >= 0.6 is 0 Å². The minimum Gasteiger partial charge on any atom is -0.396 e. The highest BCUT2D eigenvalue weighted by Gasteiger charge is 2.27. The molecule has 1 aromatic rings. The van der Waals surface area contributed by atoms with Crippen molar-refractivity contribution in [2.45, 2.75) is 13.0 Å². The number of halogens is 2. The second-order valence-corrected chi connectivity index (χ2v) is 4.93. The Morgan fingerprint density at radius 2 is 2.00 bits per heavy atom. The molecule has 1 atom stereocenters. The Morgan fingerprint density at radius 1 is 1.32 bits per heavy atom. The van der Waals surface area contributed by atoms with Gasteiger partial charge < -0.3 is 15.5 Å². The summed E-state index contributed by atoms with van der Waals surface area (Å²) in [4.78, 5) is 15.9. The minimum absolute atomic E-state index is 0.171. The first-order chi connectivity index (χ1) is 8.90. The van der Waals surface area contributed by atoms with E-state index in [9.17, 15) is 13.6 Å². The molecule has 19 heavy (non-hydrogen) atoms. The zero-order valence-corrected chi connectivity index (χ0v) is 11.0. The van der Waals surface area contributed by atoms with Gasteiger partial charge in [0, 0.05) is 31.7 Å². The molecule has 6 heteroatoms. The zero-order chi connectivity index (χ0) is 14.2. The molecule has 1 heterocycles. The molecule has 2 N–H and O–H groups in total. The lowest BCUT2D eigenvalue weighted by Gasteiger charge is -2.37. The molecular formula is C13H17F2N3O. The first-order valence-electron chi connectivity index (χ1n) is 6.14. The van der Waals surface area contributed by atoms with Crippen LogP contribution in [0.25, 0.3) is 0 Å². The standard InChI is InChI=1S/C13H17F2N3O/c1-8-7-18(4-3-17(8)2)13(19)9-5-12(16)11(15)6-10(9)14/h5-6,8H,3-4,7,16H2,1-2H3. The van der Waals surface area contributed by atoms with E-state index in [-0.39, 0.29) is 17.3 Å². The van der Waals surface area contributed by atoms with E-state index in [0.29, 0.717) is 19.2 Å². The SMILES string of the molecule is CC1CN(C(=O)c2cc(N)c(F)cc2F)CCN1C. The second kappa shape index (κ2) is 5.13. The molecule has 4 nitrogen and oxygen atoms in total. The smallest absolute Gasteiger partial charge is 0.257 e. The number of likely N-dealkylation sites (N-methyl/N-ethyl adjacent to an activating group) is 1. The Morgan fingerprint density at radius 3 is 2.63 bits per heavy atom. The van der Waals surface area contributed by atoms with Crippen LogP contribution in [-0.4, -0.2) is 48.4 Å². The number of carbonyl (C=O) groups is 1. The molecule has 0 saturated carbocycles. The van der Waals surface area contributed by atoms with Gasteiger partial charge >= 0.3 is 0 Å². The van der Waals surface area contributed by atoms with Gasteiger partial charge in [-0.25, -0.2) is 8.78 Å². The summed E-state index contributed by atoms with van der Waals surface area (Å²) in [5, 5.41) is 0. The first kappa shape index (κ1) is 13.7. The number of piperazine rings is 1. The maximum atomic E-state index is 13.7. The van der Waals surface area contributed by atoms with E-state index in [2.05, 4.69) is 4.90 Å². The van der Waals surface area contributed by atoms with Gasteiger partial charge in [-0.3, -0.25) is 4.79 Å². The average molecular weight is 269 g/mol. The third kappa shape index (κ3) is 2.68. The fraction of sp³-hybridized carbons (Fsp3) is 0.462. The van der Waals surface area contributed by atoms with Crippen molar-refractivity contribution in [2.24, 2.45) is 0 Å². The highest BCUT2D eigenvalue weighted by atomic mass is 19.1. The number of nitrogens with zero attached hydrogens (tertiary/aromatic N) is 2. The number of amides is 1. The summed E-state index contributed by atoms with van der Waals surface area (Å²) in [6.07, 6.45) is 0. The number of nitrogen functional groups attached to an aromatic ring is 1. The maximum absolute atomic E-state index is 13.7. The van der Waals surface area contributed by atoms with Crippen LogP contribution in [0.3, 0.4) is 0 Å². The molecule has 1 aliphatic heterocycles. The lowest BCUT2D eigenvalue weighted by atomic mass is 10.1. The van der Waals surface area contributed by atoms with Gasteiger partial charge in [-0.1, -0.05) is 0 Å². The lowest BCUT2D eigenvalue weighted by Crippen LogP contribution is -2.52. The molecule has 1 saturated heterocycles. The summed E-state index contributed by atoms with van der Waals surface area (Å²) in [6, 6.07) is 1.93. The average Bonchev–Trinajstić information content (AvgIpc) is 2.36. The van der Waals surface area contributed by atoms with Gasteiger partial charge in [0.2, 0.25) is 0 Å². The van der Waals surface area contributed by atoms with Crippen molar-refractivity contribution >= 4 is 11.6 Å². The second-order valence-electron chi connectivity index (χ2n) is 4.93. The Balaban J connectivity index is 2.23. The van der Waals surface area contributed by atoms with Crippen molar-refractivity contribution in [1.29, 1.82) is 0 Å². The summed E-state index contributed by atoms with van der Waals surface area (Å²) >= 11 is 0. The van der Waals surface area contributed by atoms with E-state index in [1.165, 1.54) is 0 Å². The van der Waals surface area contributed by atoms with Crippen LogP contribution < -0.4 is 5.73 Å². The van der Waals surface area contributed by atoms with E-state index >= 15 is 0 Å². The predicted octanol–water partition coefficient (Wildman–Crippen LogP) is 1.32. The fourth-order valence-corrected chi connectivity index (χ4v) is 2.13. The van der Waals surface area contributed by atoms with Gasteiger partial charge in [-0.2, -0.15) is 0 Å². The van der Waals surface area contributed by atoms with Crippen LogP contribution in [0.1, 0.15) is 17.3 Å². The molecule has 1 unspecified atom stereocenters. The van der Waals surface area contributed by atoms with Gasteiger partial charge in [-0.15, -0.1) is 0 Å². The maximum Gasteiger partial charge on any atom is 0.257 e. The fourth-order valence-electron chi connectivity index (χ4n) is 2.13. The van der Waals surface area contributed by atoms with Gasteiger partial charge in [0.05, 0.1) is 11.3 Å². The van der Waals surface area contributed by atoms with Gasteiger partial charge in [-0.05, 0) is 20.0 Å². The summed E-state index contributed by atoms with van der Waals surface area (Å²) in [6.45, 7) is 3.77. The van der Waals surface area contributed by atoms with Crippen molar-refractivity contribution in [3.63, 3.8) is 0 Å². The Kier molecular flexibility index (Phi) is 3.71. The van der Waals surface area contributed by atoms with Crippen LogP contribution in [0, 0.1) is 11.6 Å². The van der Waals surface area contributed by atoms with E-state index in [4.69, 9.17) is 5.73 Å². The number of hydrogen-bond donors (Lipinski definition) is 1. The van der Waals surface area contributed by atoms with E-state index < -0.39 is 17.5 Å². The molecule has 1 amide bonds. The van der Waals surface area contributed by atoms with E-state index in [1.807, 2.05) is 14.0 Å². The molecule has 0 aliphatic carbocycles. The zero-order valence-electron chi connectivity index (χ0n) is 11.0. The molecule has 0 radical (unpaired) electrons. The summed E-state index contributed by atoms with van der Waals surface area (Å²) in [5.41, 5.74) is 5.00. The van der Waals surface area contributed by atoms with Crippen molar-refractivity contribution < 1.29 is 13.6 Å². The third-order valence-electron chi connectivity index (χ3n) is 3.56. The monoisotopic (exact) mass is 269 g/mol. The molecule has 0 aromatic heterocycles. The van der Waals surface area contributed by atoms with Crippen molar-refractivity contribution in [3.05, 3.63) is 29.3 Å². The Bertz CT molecular complexity index is 507. The molecule has 1 aliphatic rings. The summed E-state index contributed by atoms with van der Waals surface area (Å²) < 4.78 is 26.7. The molecule has 2 rings (SSSR count). The molecule has 104 valence electrons. The highest BCUT2D eigenvalue weighted by molar-refractivity contribution is 5.95. The Labute approximate surface area is 110 Å². The summed E-state index contributed by atoms with van der Waals surface area (Å²) in [7, 11) is 1.98. The topological polar surface area (TPSA) is 49.6 Å². The molecule has 1 fully saturated rings. The number of anilines is 1. The highest BCUT2D eigenvalue weighted by Crippen LogP contribution is 2.19. The number of hydrogen-bond acceptors (Lipinski definition) is 3. The Hall–Kier alpha value is -1.69. The number of rotatable bonds is 1. The molecular weight excluding hydrogens is 252 g/mol. The largest absolute Gasteiger partial charge is 0.396 e. The lowest BCUT2D eigenvalue weighted by molar-refractivity contribution is 0.0568. The van der Waals surface area contributed by atoms with Crippen LogP contribution in [0.2, 0.25) is 0 Å². The number of nitrogens with two attached hydrogens (primary N) is 1. The molecule has 1 aromatic carbocycles.